The first kappa shape index (κ1) is 15.3. The van der Waals surface area contributed by atoms with Crippen LogP contribution in [0.15, 0.2) is 24.3 Å². The number of carbonyl (C=O) groups is 1. The van der Waals surface area contributed by atoms with Gasteiger partial charge in [-0.25, -0.2) is 8.42 Å². The molecule has 0 radical (unpaired) electrons. The molecule has 0 N–H and O–H groups in total. The van der Waals surface area contributed by atoms with Gasteiger partial charge in [-0.2, -0.15) is 0 Å². The number of carbonyl (C=O) groups excluding carboxylic acids is 1. The number of amides is 1. The maximum atomic E-state index is 12.1. The molecule has 1 heterocycles. The monoisotopic (exact) mass is 315 g/mol. The van der Waals surface area contributed by atoms with Gasteiger partial charge in [0.2, 0.25) is 5.91 Å². The van der Waals surface area contributed by atoms with E-state index >= 15 is 0 Å². The van der Waals surface area contributed by atoms with Crippen molar-refractivity contribution in [1.82, 2.24) is 0 Å². The van der Waals surface area contributed by atoms with Crippen LogP contribution in [0.3, 0.4) is 0 Å². The third kappa shape index (κ3) is 3.33. The lowest BCUT2D eigenvalue weighted by Gasteiger charge is -2.28. The minimum atomic E-state index is -3.04. The van der Waals surface area contributed by atoms with Crippen molar-refractivity contribution in [2.24, 2.45) is 0 Å². The molecule has 0 unspecified atom stereocenters. The van der Waals surface area contributed by atoms with Crippen LogP contribution in [0.1, 0.15) is 18.9 Å². The van der Waals surface area contributed by atoms with Crippen LogP contribution in [-0.4, -0.2) is 37.8 Å². The van der Waals surface area contributed by atoms with E-state index in [1.807, 2.05) is 31.2 Å². The standard InChI is InChI=1S/C14H18ClNO3S/c1-2-11-4-3-5-12(8-11)16(14(17)9-15)13-6-7-20(18,19)10-13/h3-5,8,13H,2,6-7,9-10H2,1H3/t13-/m0/s1. The van der Waals surface area contributed by atoms with Crippen molar-refractivity contribution in [3.63, 3.8) is 0 Å². The molecular formula is C14H18ClNO3S. The summed E-state index contributed by atoms with van der Waals surface area (Å²) in [5.41, 5.74) is 1.84. The van der Waals surface area contributed by atoms with Gasteiger partial charge in [-0.05, 0) is 30.5 Å². The third-order valence-corrected chi connectivity index (χ3v) is 5.53. The number of rotatable bonds is 4. The Hall–Kier alpha value is -1.07. The van der Waals surface area contributed by atoms with Gasteiger partial charge in [0.05, 0.1) is 17.5 Å². The van der Waals surface area contributed by atoms with Crippen LogP contribution in [0.4, 0.5) is 5.69 Å². The maximum absolute atomic E-state index is 12.1. The Morgan fingerprint density at radius 1 is 1.45 bits per heavy atom. The first-order chi connectivity index (χ1) is 9.46. The molecule has 110 valence electrons. The minimum absolute atomic E-state index is 0.0198. The van der Waals surface area contributed by atoms with Crippen molar-refractivity contribution < 1.29 is 13.2 Å². The average molecular weight is 316 g/mol. The molecule has 4 nitrogen and oxygen atoms in total. The summed E-state index contributed by atoms with van der Waals surface area (Å²) >= 11 is 5.68. The van der Waals surface area contributed by atoms with E-state index in [2.05, 4.69) is 0 Å². The molecule has 1 atom stereocenters. The molecule has 20 heavy (non-hydrogen) atoms. The van der Waals surface area contributed by atoms with Crippen LogP contribution in [0, 0.1) is 0 Å². The zero-order chi connectivity index (χ0) is 14.8. The SMILES string of the molecule is CCc1cccc(N(C(=O)CCl)[C@H]2CCS(=O)(=O)C2)c1. The van der Waals surface area contributed by atoms with Crippen LogP contribution in [0.2, 0.25) is 0 Å². The topological polar surface area (TPSA) is 54.5 Å². The molecule has 1 amide bonds. The number of hydrogen-bond acceptors (Lipinski definition) is 3. The molecule has 1 fully saturated rings. The van der Waals surface area contributed by atoms with Crippen molar-refractivity contribution in [3.05, 3.63) is 29.8 Å². The van der Waals surface area contributed by atoms with Crippen LogP contribution in [0.5, 0.6) is 0 Å². The molecular weight excluding hydrogens is 298 g/mol. The average Bonchev–Trinajstić information content (AvgIpc) is 2.79. The van der Waals surface area contributed by atoms with Crippen molar-refractivity contribution in [2.75, 3.05) is 22.3 Å². The van der Waals surface area contributed by atoms with Crippen molar-refractivity contribution in [1.29, 1.82) is 0 Å². The lowest BCUT2D eigenvalue weighted by molar-refractivity contribution is -0.116. The molecule has 2 rings (SSSR count). The largest absolute Gasteiger partial charge is 0.307 e. The van der Waals surface area contributed by atoms with Crippen molar-refractivity contribution in [2.45, 2.75) is 25.8 Å². The predicted molar refractivity (Wildman–Crippen MR) is 81.1 cm³/mol. The van der Waals surface area contributed by atoms with E-state index in [0.717, 1.165) is 17.7 Å². The number of alkyl halides is 1. The fraction of sp³-hybridized carbons (Fsp3) is 0.500. The van der Waals surface area contributed by atoms with Crippen LogP contribution >= 0.6 is 11.6 Å². The molecule has 0 spiro atoms. The Labute approximate surface area is 124 Å². The normalized spacial score (nSPS) is 20.8. The highest BCUT2D eigenvalue weighted by Gasteiger charge is 2.35. The summed E-state index contributed by atoms with van der Waals surface area (Å²) in [4.78, 5) is 13.7. The second-order valence-corrected chi connectivity index (χ2v) is 7.47. The summed E-state index contributed by atoms with van der Waals surface area (Å²) in [5.74, 6) is -0.238. The van der Waals surface area contributed by atoms with Crippen molar-refractivity contribution >= 4 is 33.0 Å². The molecule has 1 saturated heterocycles. The zero-order valence-corrected chi connectivity index (χ0v) is 13.0. The van der Waals surface area contributed by atoms with Crippen molar-refractivity contribution in [3.8, 4) is 0 Å². The molecule has 0 bridgehead atoms. The van der Waals surface area contributed by atoms with Gasteiger partial charge in [-0.15, -0.1) is 11.6 Å². The zero-order valence-electron chi connectivity index (χ0n) is 11.4. The fourth-order valence-corrected chi connectivity index (χ4v) is 4.36. The minimum Gasteiger partial charge on any atom is -0.307 e. The maximum Gasteiger partial charge on any atom is 0.242 e. The van der Waals surface area contributed by atoms with E-state index in [4.69, 9.17) is 11.6 Å². The number of halogens is 1. The molecule has 0 aromatic heterocycles. The Balaban J connectivity index is 2.35. The lowest BCUT2D eigenvalue weighted by Crippen LogP contribution is -2.42. The first-order valence-electron chi connectivity index (χ1n) is 6.64. The number of anilines is 1. The van der Waals surface area contributed by atoms with Crippen LogP contribution in [-0.2, 0) is 21.1 Å². The molecule has 1 aliphatic heterocycles. The van der Waals surface area contributed by atoms with Gasteiger partial charge in [-0.1, -0.05) is 19.1 Å². The second kappa shape index (κ2) is 6.14. The highest BCUT2D eigenvalue weighted by Crippen LogP contribution is 2.26. The van der Waals surface area contributed by atoms with Crippen LogP contribution < -0.4 is 4.90 Å². The van der Waals surface area contributed by atoms with E-state index in [-0.39, 0.29) is 29.3 Å². The third-order valence-electron chi connectivity index (χ3n) is 3.55. The Morgan fingerprint density at radius 3 is 2.75 bits per heavy atom. The number of sulfone groups is 1. The highest BCUT2D eigenvalue weighted by molar-refractivity contribution is 7.91. The van der Waals surface area contributed by atoms with Gasteiger partial charge in [0, 0.05) is 5.69 Å². The summed E-state index contributed by atoms with van der Waals surface area (Å²) < 4.78 is 23.3. The summed E-state index contributed by atoms with van der Waals surface area (Å²) in [6.07, 6.45) is 1.33. The van der Waals surface area contributed by atoms with Gasteiger partial charge >= 0.3 is 0 Å². The second-order valence-electron chi connectivity index (χ2n) is 4.98. The van der Waals surface area contributed by atoms with Gasteiger partial charge in [0.15, 0.2) is 9.84 Å². The highest BCUT2D eigenvalue weighted by atomic mass is 35.5. The van der Waals surface area contributed by atoms with E-state index in [1.165, 1.54) is 0 Å². The molecule has 0 aliphatic carbocycles. The lowest BCUT2D eigenvalue weighted by atomic mass is 10.1. The number of nitrogens with zero attached hydrogens (tertiary/aromatic N) is 1. The fourth-order valence-electron chi connectivity index (χ4n) is 2.53. The molecule has 1 aromatic carbocycles. The molecule has 1 aromatic rings. The first-order valence-corrected chi connectivity index (χ1v) is 9.00. The summed E-state index contributed by atoms with van der Waals surface area (Å²) in [5, 5.41) is 0. The number of aryl methyl sites for hydroxylation is 1. The molecule has 0 saturated carbocycles. The Kier molecular flexibility index (Phi) is 4.70. The smallest absolute Gasteiger partial charge is 0.242 e. The number of benzene rings is 1. The number of hydrogen-bond donors (Lipinski definition) is 0. The quantitative estimate of drug-likeness (QED) is 0.799. The summed E-state index contributed by atoms with van der Waals surface area (Å²) in [7, 11) is -3.04. The summed E-state index contributed by atoms with van der Waals surface area (Å²) in [6.45, 7) is 2.03. The Bertz CT molecular complexity index is 600. The van der Waals surface area contributed by atoms with E-state index in [0.29, 0.717) is 6.42 Å². The van der Waals surface area contributed by atoms with Gasteiger partial charge in [-0.3, -0.25) is 4.79 Å². The van der Waals surface area contributed by atoms with E-state index in [1.54, 1.807) is 4.90 Å². The molecule has 1 aliphatic rings. The molecule has 6 heteroatoms. The van der Waals surface area contributed by atoms with E-state index < -0.39 is 9.84 Å². The predicted octanol–water partition coefficient (Wildman–Crippen LogP) is 2.01. The van der Waals surface area contributed by atoms with Crippen LogP contribution in [0.25, 0.3) is 0 Å². The van der Waals surface area contributed by atoms with E-state index in [9.17, 15) is 13.2 Å². The summed E-state index contributed by atoms with van der Waals surface area (Å²) in [6, 6.07) is 7.31. The van der Waals surface area contributed by atoms with Gasteiger partial charge in [0.1, 0.15) is 5.88 Å². The Morgan fingerprint density at radius 2 is 2.20 bits per heavy atom. The van der Waals surface area contributed by atoms with Gasteiger partial charge < -0.3 is 4.90 Å². The van der Waals surface area contributed by atoms with Gasteiger partial charge in [0.25, 0.3) is 0 Å².